The van der Waals surface area contributed by atoms with Gasteiger partial charge in [0.1, 0.15) is 31.3 Å². The molecule has 5 aromatic rings. The SMILES string of the molecule is COc1ccc(COc2cc(CO)ccn2)cc1.COc1ccc(COc2cc(COc3c(F)cc(B4OC(C)(C)C(C)(C)O4)cc3F)ccn2)cc1. The molecule has 0 saturated carbocycles. The summed E-state index contributed by atoms with van der Waals surface area (Å²) in [6, 6.07) is 24.3. The molecule has 10 nitrogen and oxygen atoms in total. The zero-order valence-electron chi connectivity index (χ0n) is 30.6. The average Bonchev–Trinajstić information content (AvgIpc) is 3.39. The summed E-state index contributed by atoms with van der Waals surface area (Å²) < 4.78 is 68.3. The van der Waals surface area contributed by atoms with Crippen LogP contribution in [0.5, 0.6) is 29.0 Å². The highest BCUT2D eigenvalue weighted by Gasteiger charge is 2.52. The smallest absolute Gasteiger partial charge is 0.495 e. The highest BCUT2D eigenvalue weighted by atomic mass is 19.1. The number of benzene rings is 3. The van der Waals surface area contributed by atoms with Crippen LogP contribution in [0.3, 0.4) is 0 Å². The van der Waals surface area contributed by atoms with Crippen molar-refractivity contribution in [1.29, 1.82) is 0 Å². The van der Waals surface area contributed by atoms with Gasteiger partial charge in [-0.1, -0.05) is 24.3 Å². The first kappa shape index (κ1) is 39.0. The molecule has 0 spiro atoms. The molecule has 0 bridgehead atoms. The van der Waals surface area contributed by atoms with E-state index >= 15 is 0 Å². The van der Waals surface area contributed by atoms with Crippen LogP contribution >= 0.6 is 0 Å². The van der Waals surface area contributed by atoms with E-state index in [9.17, 15) is 8.78 Å². The summed E-state index contributed by atoms with van der Waals surface area (Å²) >= 11 is 0. The summed E-state index contributed by atoms with van der Waals surface area (Å²) in [7, 11) is 2.37. The zero-order valence-corrected chi connectivity index (χ0v) is 30.6. The molecule has 53 heavy (non-hydrogen) atoms. The Morgan fingerprint density at radius 3 is 1.49 bits per heavy atom. The Balaban J connectivity index is 0.000000252. The van der Waals surface area contributed by atoms with Gasteiger partial charge in [-0.15, -0.1) is 0 Å². The van der Waals surface area contributed by atoms with Gasteiger partial charge in [-0.25, -0.2) is 18.7 Å². The van der Waals surface area contributed by atoms with Crippen molar-refractivity contribution < 1.29 is 46.9 Å². The molecular weight excluding hydrogens is 685 g/mol. The first-order valence-corrected chi connectivity index (χ1v) is 16.9. The second-order valence-electron chi connectivity index (χ2n) is 13.1. The fourth-order valence-electron chi connectivity index (χ4n) is 4.99. The number of pyridine rings is 2. The van der Waals surface area contributed by atoms with Gasteiger partial charge >= 0.3 is 7.12 Å². The number of rotatable bonds is 13. The molecule has 1 aliphatic rings. The normalized spacial score (nSPS) is 14.2. The van der Waals surface area contributed by atoms with Crippen molar-refractivity contribution in [3.63, 3.8) is 0 Å². The van der Waals surface area contributed by atoms with Crippen LogP contribution in [0.25, 0.3) is 0 Å². The maximum atomic E-state index is 14.8. The van der Waals surface area contributed by atoms with Crippen LogP contribution in [0.2, 0.25) is 0 Å². The van der Waals surface area contributed by atoms with Crippen LogP contribution < -0.4 is 29.1 Å². The van der Waals surface area contributed by atoms with E-state index in [2.05, 4.69) is 9.97 Å². The van der Waals surface area contributed by atoms with E-state index in [4.69, 9.17) is 38.1 Å². The number of hydrogen-bond acceptors (Lipinski definition) is 10. The van der Waals surface area contributed by atoms with Crippen molar-refractivity contribution in [3.8, 4) is 29.0 Å². The van der Waals surface area contributed by atoms with Gasteiger partial charge in [-0.2, -0.15) is 0 Å². The minimum Gasteiger partial charge on any atom is -0.497 e. The summed E-state index contributed by atoms with van der Waals surface area (Å²) in [5.41, 5.74) is 2.44. The van der Waals surface area contributed by atoms with Crippen molar-refractivity contribution in [1.82, 2.24) is 9.97 Å². The third kappa shape index (κ3) is 10.4. The summed E-state index contributed by atoms with van der Waals surface area (Å²) in [5.74, 6) is 0.326. The van der Waals surface area contributed by atoms with E-state index in [1.165, 1.54) is 12.1 Å². The highest BCUT2D eigenvalue weighted by Crippen LogP contribution is 2.37. The minimum atomic E-state index is -0.872. The van der Waals surface area contributed by atoms with Crippen molar-refractivity contribution >= 4 is 12.6 Å². The summed E-state index contributed by atoms with van der Waals surface area (Å²) in [6.45, 7) is 8.17. The molecule has 0 aliphatic carbocycles. The van der Waals surface area contributed by atoms with E-state index < -0.39 is 35.7 Å². The lowest BCUT2D eigenvalue weighted by Gasteiger charge is -2.32. The molecule has 2 aromatic heterocycles. The first-order valence-electron chi connectivity index (χ1n) is 16.9. The van der Waals surface area contributed by atoms with Gasteiger partial charge in [0.25, 0.3) is 0 Å². The number of aromatic nitrogens is 2. The van der Waals surface area contributed by atoms with Crippen LogP contribution in [0.15, 0.2) is 97.3 Å². The molecule has 278 valence electrons. The third-order valence-corrected chi connectivity index (χ3v) is 8.80. The molecule has 1 N–H and O–H groups in total. The van der Waals surface area contributed by atoms with Gasteiger partial charge in [0.15, 0.2) is 17.4 Å². The molecule has 6 rings (SSSR count). The van der Waals surface area contributed by atoms with Crippen LogP contribution in [-0.4, -0.2) is 47.6 Å². The molecule has 3 aromatic carbocycles. The third-order valence-electron chi connectivity index (χ3n) is 8.80. The summed E-state index contributed by atoms with van der Waals surface area (Å²) in [5, 5.41) is 9.01. The van der Waals surface area contributed by atoms with Crippen molar-refractivity contribution in [2.24, 2.45) is 0 Å². The van der Waals surface area contributed by atoms with Crippen LogP contribution in [0.4, 0.5) is 8.78 Å². The van der Waals surface area contributed by atoms with E-state index in [-0.39, 0.29) is 18.7 Å². The topological polar surface area (TPSA) is 111 Å². The molecule has 0 amide bonds. The lowest BCUT2D eigenvalue weighted by atomic mass is 9.79. The molecule has 3 heterocycles. The quantitative estimate of drug-likeness (QED) is 0.128. The largest absolute Gasteiger partial charge is 0.497 e. The van der Waals surface area contributed by atoms with Gasteiger partial charge in [0.05, 0.1) is 32.0 Å². The summed E-state index contributed by atoms with van der Waals surface area (Å²) in [4.78, 5) is 8.26. The zero-order chi connectivity index (χ0) is 38.0. The number of aliphatic hydroxyl groups excluding tert-OH is 1. The van der Waals surface area contributed by atoms with E-state index in [1.54, 1.807) is 50.9 Å². The number of hydrogen-bond donors (Lipinski definition) is 1. The number of aliphatic hydroxyl groups is 1. The fourth-order valence-corrected chi connectivity index (χ4v) is 4.99. The second-order valence-corrected chi connectivity index (χ2v) is 13.1. The molecule has 1 saturated heterocycles. The Kier molecular flexibility index (Phi) is 12.9. The number of halogens is 2. The standard InChI is InChI=1S/C26H28BF2NO5.C14H15NO3/c1-25(2)26(3,4)35-27(34-25)19-13-21(28)24(22(29)14-19)33-16-18-10-11-30-23(12-18)32-15-17-6-8-20(31-5)9-7-17;1-17-13-4-2-11(3-5-13)10-18-14-8-12(9-16)6-7-15-14/h6-14H,15-16H2,1-5H3;2-8,16H,9-10H2,1H3. The van der Waals surface area contributed by atoms with Crippen LogP contribution in [0, 0.1) is 11.6 Å². The van der Waals surface area contributed by atoms with Crippen molar-refractivity contribution in [2.45, 2.75) is 65.3 Å². The first-order chi connectivity index (χ1) is 25.4. The molecule has 0 atom stereocenters. The molecular formula is C40H43BF2N2O8. The lowest BCUT2D eigenvalue weighted by Crippen LogP contribution is -2.41. The Bertz CT molecular complexity index is 1910. The molecule has 0 radical (unpaired) electrons. The maximum Gasteiger partial charge on any atom is 0.495 e. The number of nitrogens with zero attached hydrogens (tertiary/aromatic N) is 2. The van der Waals surface area contributed by atoms with Crippen LogP contribution in [0.1, 0.15) is 49.9 Å². The Morgan fingerprint density at radius 1 is 0.604 bits per heavy atom. The van der Waals surface area contributed by atoms with Gasteiger partial charge in [0, 0.05) is 24.5 Å². The molecule has 0 unspecified atom stereocenters. The predicted octanol–water partition coefficient (Wildman–Crippen LogP) is 6.99. The molecule has 1 aliphatic heterocycles. The minimum absolute atomic E-state index is 0.0125. The lowest BCUT2D eigenvalue weighted by molar-refractivity contribution is 0.00578. The highest BCUT2D eigenvalue weighted by molar-refractivity contribution is 6.62. The van der Waals surface area contributed by atoms with Crippen molar-refractivity contribution in [3.05, 3.63) is 131 Å². The average molecular weight is 729 g/mol. The Hall–Kier alpha value is -5.24. The Morgan fingerprint density at radius 2 is 1.04 bits per heavy atom. The molecule has 13 heteroatoms. The van der Waals surface area contributed by atoms with E-state index in [0.29, 0.717) is 30.5 Å². The van der Waals surface area contributed by atoms with E-state index in [0.717, 1.165) is 28.2 Å². The van der Waals surface area contributed by atoms with Gasteiger partial charge in [-0.3, -0.25) is 0 Å². The fraction of sp³-hybridized carbons (Fsp3) is 0.300. The second kappa shape index (κ2) is 17.5. The maximum absolute atomic E-state index is 14.8. The van der Waals surface area contributed by atoms with Gasteiger partial charge < -0.3 is 38.1 Å². The van der Waals surface area contributed by atoms with Gasteiger partial charge in [0.2, 0.25) is 11.8 Å². The monoisotopic (exact) mass is 728 g/mol. The molecule has 1 fully saturated rings. The van der Waals surface area contributed by atoms with E-state index in [1.807, 2.05) is 76.2 Å². The number of methoxy groups -OCH3 is 2. The summed E-state index contributed by atoms with van der Waals surface area (Å²) in [6.07, 6.45) is 3.17. The predicted molar refractivity (Wildman–Crippen MR) is 195 cm³/mol. The van der Waals surface area contributed by atoms with Crippen molar-refractivity contribution in [2.75, 3.05) is 14.2 Å². The number of ether oxygens (including phenoxy) is 5. The van der Waals surface area contributed by atoms with Crippen LogP contribution in [-0.2, 0) is 35.7 Å². The Labute approximate surface area is 308 Å². The van der Waals surface area contributed by atoms with Gasteiger partial charge in [-0.05, 0) is 104 Å².